The summed E-state index contributed by atoms with van der Waals surface area (Å²) in [5, 5.41) is 0. The molecule has 0 spiro atoms. The summed E-state index contributed by atoms with van der Waals surface area (Å²) in [5.74, 6) is -2.76. The van der Waals surface area contributed by atoms with Gasteiger partial charge in [0, 0.05) is 25.9 Å². The van der Waals surface area contributed by atoms with E-state index >= 15 is 0 Å². The van der Waals surface area contributed by atoms with Crippen molar-refractivity contribution >= 4 is 5.95 Å². The van der Waals surface area contributed by atoms with E-state index in [0.717, 1.165) is 6.20 Å². The molecule has 1 aromatic heterocycles. The summed E-state index contributed by atoms with van der Waals surface area (Å²) in [7, 11) is 0. The number of hydrogen-bond donors (Lipinski definition) is 0. The molecule has 6 heteroatoms. The van der Waals surface area contributed by atoms with Crippen LogP contribution >= 0.6 is 0 Å². The molecule has 0 N–H and O–H groups in total. The van der Waals surface area contributed by atoms with E-state index in [4.69, 9.17) is 0 Å². The lowest BCUT2D eigenvalue weighted by atomic mass is 10.1. The van der Waals surface area contributed by atoms with Gasteiger partial charge in [-0.25, -0.2) is 23.1 Å². The minimum Gasteiger partial charge on any atom is -0.340 e. The van der Waals surface area contributed by atoms with E-state index in [2.05, 4.69) is 9.97 Å². The van der Waals surface area contributed by atoms with Crippen LogP contribution in [0.4, 0.5) is 19.1 Å². The SMILES string of the molecule is CC(C)c1nc(N2CCC(F)(F)CC2)ncc1F. The Morgan fingerprint density at radius 3 is 2.44 bits per heavy atom. The Balaban J connectivity index is 2.17. The Kier molecular flexibility index (Phi) is 3.45. The third kappa shape index (κ3) is 2.73. The molecule has 0 amide bonds. The summed E-state index contributed by atoms with van der Waals surface area (Å²) < 4.78 is 39.5. The minimum atomic E-state index is -2.60. The highest BCUT2D eigenvalue weighted by atomic mass is 19.3. The zero-order chi connectivity index (χ0) is 13.3. The van der Waals surface area contributed by atoms with E-state index in [1.807, 2.05) is 13.8 Å². The topological polar surface area (TPSA) is 29.0 Å². The number of anilines is 1. The molecule has 1 aromatic rings. The number of hydrogen-bond acceptors (Lipinski definition) is 3. The van der Waals surface area contributed by atoms with Gasteiger partial charge in [0.15, 0.2) is 5.82 Å². The summed E-state index contributed by atoms with van der Waals surface area (Å²) in [6.45, 7) is 4.07. The van der Waals surface area contributed by atoms with Gasteiger partial charge < -0.3 is 4.90 Å². The fourth-order valence-electron chi connectivity index (χ4n) is 1.96. The Hall–Kier alpha value is -1.33. The zero-order valence-electron chi connectivity index (χ0n) is 10.5. The van der Waals surface area contributed by atoms with Gasteiger partial charge in [0.2, 0.25) is 5.95 Å². The first-order chi connectivity index (χ1) is 8.39. The average Bonchev–Trinajstić information content (AvgIpc) is 2.30. The number of rotatable bonds is 2. The number of halogens is 3. The first-order valence-electron chi connectivity index (χ1n) is 6.04. The van der Waals surface area contributed by atoms with Crippen molar-refractivity contribution in [2.45, 2.75) is 38.5 Å². The van der Waals surface area contributed by atoms with Gasteiger partial charge in [-0.1, -0.05) is 13.8 Å². The molecule has 1 fully saturated rings. The highest BCUT2D eigenvalue weighted by Gasteiger charge is 2.34. The zero-order valence-corrected chi connectivity index (χ0v) is 10.5. The molecule has 1 saturated heterocycles. The molecule has 0 aromatic carbocycles. The molecule has 1 aliphatic rings. The molecule has 0 saturated carbocycles. The molecule has 0 atom stereocenters. The molecule has 0 radical (unpaired) electrons. The second-order valence-corrected chi connectivity index (χ2v) is 4.90. The van der Waals surface area contributed by atoms with Gasteiger partial charge in [0.25, 0.3) is 5.92 Å². The predicted molar refractivity (Wildman–Crippen MR) is 62.5 cm³/mol. The monoisotopic (exact) mass is 259 g/mol. The van der Waals surface area contributed by atoms with E-state index in [0.29, 0.717) is 11.6 Å². The molecule has 1 aliphatic heterocycles. The highest BCUT2D eigenvalue weighted by molar-refractivity contribution is 5.32. The number of piperidine rings is 1. The lowest BCUT2D eigenvalue weighted by Gasteiger charge is -2.31. The molecule has 2 rings (SSSR count). The van der Waals surface area contributed by atoms with Gasteiger partial charge in [0.05, 0.1) is 11.9 Å². The van der Waals surface area contributed by atoms with Crippen molar-refractivity contribution in [3.05, 3.63) is 17.7 Å². The standard InChI is InChI=1S/C12H16F3N3/c1-8(2)10-9(13)7-16-11(17-10)18-5-3-12(14,15)4-6-18/h7-8H,3-6H2,1-2H3. The van der Waals surface area contributed by atoms with Crippen molar-refractivity contribution in [1.82, 2.24) is 9.97 Å². The number of aromatic nitrogens is 2. The maximum atomic E-state index is 13.4. The predicted octanol–water partition coefficient (Wildman–Crippen LogP) is 2.97. The number of alkyl halides is 2. The summed E-state index contributed by atoms with van der Waals surface area (Å²) in [5.41, 5.74) is 0.331. The Bertz CT molecular complexity index is 425. The normalized spacial score (nSPS) is 19.3. The van der Waals surface area contributed by atoms with Crippen molar-refractivity contribution in [3.8, 4) is 0 Å². The Morgan fingerprint density at radius 2 is 1.89 bits per heavy atom. The minimum absolute atomic E-state index is 0.0574. The van der Waals surface area contributed by atoms with E-state index in [-0.39, 0.29) is 31.8 Å². The smallest absolute Gasteiger partial charge is 0.251 e. The van der Waals surface area contributed by atoms with Crippen molar-refractivity contribution in [1.29, 1.82) is 0 Å². The molecular weight excluding hydrogens is 243 g/mol. The second kappa shape index (κ2) is 4.74. The fourth-order valence-corrected chi connectivity index (χ4v) is 1.96. The first kappa shape index (κ1) is 13.1. The average molecular weight is 259 g/mol. The van der Waals surface area contributed by atoms with Crippen LogP contribution in [-0.2, 0) is 0 Å². The molecule has 100 valence electrons. The van der Waals surface area contributed by atoms with Crippen LogP contribution in [0, 0.1) is 5.82 Å². The first-order valence-corrected chi connectivity index (χ1v) is 6.04. The highest BCUT2D eigenvalue weighted by Crippen LogP contribution is 2.29. The van der Waals surface area contributed by atoms with Crippen LogP contribution in [0.1, 0.15) is 38.3 Å². The molecule has 0 aliphatic carbocycles. The fraction of sp³-hybridized carbons (Fsp3) is 0.667. The van der Waals surface area contributed by atoms with Crippen molar-refractivity contribution in [2.75, 3.05) is 18.0 Å². The van der Waals surface area contributed by atoms with Gasteiger partial charge in [0.1, 0.15) is 0 Å². The van der Waals surface area contributed by atoms with Crippen LogP contribution in [0.15, 0.2) is 6.20 Å². The summed E-state index contributed by atoms with van der Waals surface area (Å²) >= 11 is 0. The van der Waals surface area contributed by atoms with Crippen LogP contribution in [-0.4, -0.2) is 29.0 Å². The molecular formula is C12H16F3N3. The largest absolute Gasteiger partial charge is 0.340 e. The second-order valence-electron chi connectivity index (χ2n) is 4.90. The van der Waals surface area contributed by atoms with Crippen LogP contribution in [0.25, 0.3) is 0 Å². The van der Waals surface area contributed by atoms with Gasteiger partial charge >= 0.3 is 0 Å². The van der Waals surface area contributed by atoms with Crippen molar-refractivity contribution in [3.63, 3.8) is 0 Å². The van der Waals surface area contributed by atoms with Crippen LogP contribution in [0.2, 0.25) is 0 Å². The number of nitrogens with zero attached hydrogens (tertiary/aromatic N) is 3. The summed E-state index contributed by atoms with van der Waals surface area (Å²) in [6, 6.07) is 0. The van der Waals surface area contributed by atoms with Crippen LogP contribution < -0.4 is 4.90 Å². The Labute approximate surface area is 104 Å². The lowest BCUT2D eigenvalue weighted by Crippen LogP contribution is -2.40. The Morgan fingerprint density at radius 1 is 1.28 bits per heavy atom. The van der Waals surface area contributed by atoms with E-state index in [9.17, 15) is 13.2 Å². The molecule has 18 heavy (non-hydrogen) atoms. The van der Waals surface area contributed by atoms with Gasteiger partial charge in [-0.2, -0.15) is 0 Å². The maximum absolute atomic E-state index is 13.4. The summed E-state index contributed by atoms with van der Waals surface area (Å²) in [4.78, 5) is 9.71. The van der Waals surface area contributed by atoms with E-state index in [1.165, 1.54) is 0 Å². The molecule has 3 nitrogen and oxygen atoms in total. The van der Waals surface area contributed by atoms with Crippen LogP contribution in [0.5, 0.6) is 0 Å². The quantitative estimate of drug-likeness (QED) is 0.817. The molecule has 0 unspecified atom stereocenters. The third-order valence-corrected chi connectivity index (χ3v) is 3.08. The van der Waals surface area contributed by atoms with Gasteiger partial charge in [-0.3, -0.25) is 0 Å². The summed E-state index contributed by atoms with van der Waals surface area (Å²) in [6.07, 6.45) is 0.708. The lowest BCUT2D eigenvalue weighted by molar-refractivity contribution is -0.0222. The van der Waals surface area contributed by atoms with Gasteiger partial charge in [-0.15, -0.1) is 0 Å². The molecule has 2 heterocycles. The van der Waals surface area contributed by atoms with E-state index in [1.54, 1.807) is 4.90 Å². The van der Waals surface area contributed by atoms with Crippen LogP contribution in [0.3, 0.4) is 0 Å². The van der Waals surface area contributed by atoms with Crippen molar-refractivity contribution < 1.29 is 13.2 Å². The van der Waals surface area contributed by atoms with Crippen molar-refractivity contribution in [2.24, 2.45) is 0 Å². The maximum Gasteiger partial charge on any atom is 0.251 e. The molecule has 0 bridgehead atoms. The van der Waals surface area contributed by atoms with Gasteiger partial charge in [-0.05, 0) is 5.92 Å². The third-order valence-electron chi connectivity index (χ3n) is 3.08. The van der Waals surface area contributed by atoms with E-state index < -0.39 is 11.7 Å².